The molecule has 0 heterocycles. The zero-order valence-electron chi connectivity index (χ0n) is 16.8. The zero-order valence-corrected chi connectivity index (χ0v) is 16.8. The van der Waals surface area contributed by atoms with Crippen LogP contribution in [0.2, 0.25) is 0 Å². The minimum absolute atomic E-state index is 0.0737. The number of rotatable bonds is 7. The summed E-state index contributed by atoms with van der Waals surface area (Å²) in [6.07, 6.45) is 5.64. The van der Waals surface area contributed by atoms with Gasteiger partial charge >= 0.3 is 6.61 Å². The number of aliphatic imine (C=N–C) groups is 1. The van der Waals surface area contributed by atoms with Crippen molar-refractivity contribution in [3.05, 3.63) is 29.3 Å². The number of nitrogens with one attached hydrogen (secondary N) is 2. The summed E-state index contributed by atoms with van der Waals surface area (Å²) in [5.41, 5.74) is 1.51. The molecule has 1 saturated carbocycles. The van der Waals surface area contributed by atoms with Crippen LogP contribution in [0.3, 0.4) is 0 Å². The lowest BCUT2D eigenvalue weighted by atomic mass is 9.96. The van der Waals surface area contributed by atoms with Crippen molar-refractivity contribution in [3.63, 3.8) is 0 Å². The molecule has 0 aliphatic heterocycles. The normalized spacial score (nSPS) is 15.4. The van der Waals surface area contributed by atoms with E-state index >= 15 is 0 Å². The van der Waals surface area contributed by atoms with Crippen molar-refractivity contribution in [2.75, 3.05) is 20.6 Å². The number of amides is 1. The molecule has 6 nitrogen and oxygen atoms in total. The summed E-state index contributed by atoms with van der Waals surface area (Å²) in [5.74, 6) is 0.549. The number of carbonyl (C=O) groups excluding carboxylic acids is 1. The Hall–Kier alpha value is -2.38. The first-order valence-corrected chi connectivity index (χ1v) is 9.64. The van der Waals surface area contributed by atoms with Crippen molar-refractivity contribution in [1.29, 1.82) is 0 Å². The molecule has 1 aliphatic carbocycles. The summed E-state index contributed by atoms with van der Waals surface area (Å²) >= 11 is 0. The third-order valence-corrected chi connectivity index (χ3v) is 4.69. The Morgan fingerprint density at radius 1 is 1.29 bits per heavy atom. The van der Waals surface area contributed by atoms with Crippen LogP contribution < -0.4 is 15.4 Å². The lowest BCUT2D eigenvalue weighted by molar-refractivity contribution is -0.127. The van der Waals surface area contributed by atoms with Crippen LogP contribution in [0.25, 0.3) is 0 Å². The highest BCUT2D eigenvalue weighted by atomic mass is 19.3. The molecule has 8 heteroatoms. The Bertz CT molecular complexity index is 674. The number of likely N-dealkylation sites (N-methyl/N-ethyl adjacent to an activating group) is 1. The maximum atomic E-state index is 12.7. The molecule has 28 heavy (non-hydrogen) atoms. The Morgan fingerprint density at radius 2 is 2.00 bits per heavy atom. The van der Waals surface area contributed by atoms with Gasteiger partial charge in [0.05, 0.1) is 13.1 Å². The molecule has 1 amide bonds. The fourth-order valence-electron chi connectivity index (χ4n) is 3.12. The second-order valence-corrected chi connectivity index (χ2v) is 7.28. The van der Waals surface area contributed by atoms with E-state index in [0.717, 1.165) is 31.2 Å². The van der Waals surface area contributed by atoms with E-state index in [1.807, 2.05) is 6.92 Å². The van der Waals surface area contributed by atoms with Crippen LogP contribution in [0.1, 0.15) is 43.2 Å². The van der Waals surface area contributed by atoms with Gasteiger partial charge < -0.3 is 20.3 Å². The van der Waals surface area contributed by atoms with Gasteiger partial charge in [0.2, 0.25) is 5.91 Å². The number of aryl methyl sites for hydroxylation is 1. The standard InChI is InChI=1S/C20H30F2N4O2/c1-14-9-10-17(28-19(21)22)15(11-14)12-23-20(24-13-18(27)26(2)3)25-16-7-5-4-6-8-16/h9-11,16,19H,4-8,12-13H2,1-3H3,(H2,23,24,25). The molecule has 0 bridgehead atoms. The fourth-order valence-corrected chi connectivity index (χ4v) is 3.12. The molecule has 1 aromatic carbocycles. The molecular weight excluding hydrogens is 366 g/mol. The van der Waals surface area contributed by atoms with E-state index in [1.54, 1.807) is 26.2 Å². The molecule has 0 atom stereocenters. The minimum Gasteiger partial charge on any atom is -0.434 e. The van der Waals surface area contributed by atoms with E-state index in [4.69, 9.17) is 0 Å². The van der Waals surface area contributed by atoms with E-state index in [-0.39, 0.29) is 24.7 Å². The van der Waals surface area contributed by atoms with Gasteiger partial charge in [0.15, 0.2) is 5.96 Å². The fraction of sp³-hybridized carbons (Fsp3) is 0.600. The SMILES string of the molecule is Cc1ccc(OC(F)F)c(CN=C(NCC(=O)N(C)C)NC2CCCCC2)c1. The number of benzene rings is 1. The number of halogens is 2. The Labute approximate surface area is 165 Å². The van der Waals surface area contributed by atoms with Gasteiger partial charge in [-0.2, -0.15) is 8.78 Å². The van der Waals surface area contributed by atoms with E-state index in [1.165, 1.54) is 17.4 Å². The smallest absolute Gasteiger partial charge is 0.387 e. The summed E-state index contributed by atoms with van der Waals surface area (Å²) in [5, 5.41) is 6.43. The highest BCUT2D eigenvalue weighted by Crippen LogP contribution is 2.23. The summed E-state index contributed by atoms with van der Waals surface area (Å²) in [7, 11) is 3.38. The van der Waals surface area contributed by atoms with E-state index < -0.39 is 6.61 Å². The van der Waals surface area contributed by atoms with Gasteiger partial charge in [0.25, 0.3) is 0 Å². The van der Waals surface area contributed by atoms with E-state index in [2.05, 4.69) is 20.4 Å². The molecule has 2 N–H and O–H groups in total. The first kappa shape index (κ1) is 21.9. The predicted molar refractivity (Wildman–Crippen MR) is 106 cm³/mol. The van der Waals surface area contributed by atoms with Crippen molar-refractivity contribution in [1.82, 2.24) is 15.5 Å². The van der Waals surface area contributed by atoms with Crippen molar-refractivity contribution in [3.8, 4) is 5.75 Å². The van der Waals surface area contributed by atoms with Gasteiger partial charge in [-0.25, -0.2) is 4.99 Å². The summed E-state index contributed by atoms with van der Waals surface area (Å²) in [6, 6.07) is 5.33. The zero-order chi connectivity index (χ0) is 20.5. The second kappa shape index (κ2) is 10.8. The number of guanidine groups is 1. The van der Waals surface area contributed by atoms with Crippen LogP contribution in [0, 0.1) is 6.92 Å². The Balaban J connectivity index is 2.13. The molecule has 0 saturated heterocycles. The van der Waals surface area contributed by atoms with Crippen LogP contribution >= 0.6 is 0 Å². The predicted octanol–water partition coefficient (Wildman–Crippen LogP) is 3.05. The van der Waals surface area contributed by atoms with Crippen molar-refractivity contribution in [2.45, 2.75) is 58.2 Å². The van der Waals surface area contributed by atoms with Crippen molar-refractivity contribution >= 4 is 11.9 Å². The maximum Gasteiger partial charge on any atom is 0.387 e. The van der Waals surface area contributed by atoms with Gasteiger partial charge in [-0.3, -0.25) is 4.79 Å². The lowest BCUT2D eigenvalue weighted by Crippen LogP contribution is -2.47. The van der Waals surface area contributed by atoms with Gasteiger partial charge in [0.1, 0.15) is 5.75 Å². The minimum atomic E-state index is -2.89. The second-order valence-electron chi connectivity index (χ2n) is 7.28. The molecule has 0 aromatic heterocycles. The molecular formula is C20H30F2N4O2. The molecule has 0 spiro atoms. The summed E-state index contributed by atoms with van der Waals surface area (Å²) < 4.78 is 29.9. The van der Waals surface area contributed by atoms with Gasteiger partial charge in [-0.05, 0) is 25.8 Å². The van der Waals surface area contributed by atoms with Crippen molar-refractivity contribution < 1.29 is 18.3 Å². The van der Waals surface area contributed by atoms with Crippen LogP contribution in [0.4, 0.5) is 8.78 Å². The number of hydrogen-bond donors (Lipinski definition) is 2. The third-order valence-electron chi connectivity index (χ3n) is 4.69. The average molecular weight is 396 g/mol. The number of hydrogen-bond acceptors (Lipinski definition) is 3. The molecule has 2 rings (SSSR count). The first-order chi connectivity index (χ1) is 13.3. The quantitative estimate of drug-likeness (QED) is 0.549. The number of ether oxygens (including phenoxy) is 1. The largest absolute Gasteiger partial charge is 0.434 e. The van der Waals surface area contributed by atoms with E-state index in [9.17, 15) is 13.6 Å². The Morgan fingerprint density at radius 3 is 2.64 bits per heavy atom. The monoisotopic (exact) mass is 396 g/mol. The van der Waals surface area contributed by atoms with Gasteiger partial charge in [-0.1, -0.05) is 37.0 Å². The summed E-state index contributed by atoms with van der Waals surface area (Å²) in [6.45, 7) is -0.725. The van der Waals surface area contributed by atoms with Crippen molar-refractivity contribution in [2.24, 2.45) is 4.99 Å². The lowest BCUT2D eigenvalue weighted by Gasteiger charge is -2.25. The highest BCUT2D eigenvalue weighted by Gasteiger charge is 2.16. The topological polar surface area (TPSA) is 66.0 Å². The molecule has 1 fully saturated rings. The molecule has 156 valence electrons. The first-order valence-electron chi connectivity index (χ1n) is 9.64. The third kappa shape index (κ3) is 7.32. The number of nitrogens with zero attached hydrogens (tertiary/aromatic N) is 2. The molecule has 1 aliphatic rings. The average Bonchev–Trinajstić information content (AvgIpc) is 2.65. The highest BCUT2D eigenvalue weighted by molar-refractivity contribution is 5.86. The summed E-state index contributed by atoms with van der Waals surface area (Å²) in [4.78, 5) is 17.9. The Kier molecular flexibility index (Phi) is 8.47. The van der Waals surface area contributed by atoms with Crippen LogP contribution in [-0.2, 0) is 11.3 Å². The van der Waals surface area contributed by atoms with E-state index in [0.29, 0.717) is 17.6 Å². The van der Waals surface area contributed by atoms with Crippen LogP contribution in [-0.4, -0.2) is 50.1 Å². The van der Waals surface area contributed by atoms with Gasteiger partial charge in [0, 0.05) is 25.7 Å². The molecule has 0 radical (unpaired) electrons. The molecule has 1 aromatic rings. The van der Waals surface area contributed by atoms with Gasteiger partial charge in [-0.15, -0.1) is 0 Å². The van der Waals surface area contributed by atoms with Crippen LogP contribution in [0.5, 0.6) is 5.75 Å². The number of alkyl halides is 2. The number of carbonyl (C=O) groups is 1. The molecule has 0 unspecified atom stereocenters. The van der Waals surface area contributed by atoms with Crippen LogP contribution in [0.15, 0.2) is 23.2 Å². The maximum absolute atomic E-state index is 12.7.